The number of primary amides is 1. The van der Waals surface area contributed by atoms with Crippen molar-refractivity contribution >= 4 is 17.4 Å². The van der Waals surface area contributed by atoms with Crippen LogP contribution in [0.1, 0.15) is 32.4 Å². The van der Waals surface area contributed by atoms with Crippen LogP contribution in [0.2, 0.25) is 0 Å². The average molecular weight is 357 g/mol. The molecule has 0 unspecified atom stereocenters. The molecule has 26 heavy (non-hydrogen) atoms. The number of nitrogens with zero attached hydrogens (tertiary/aromatic N) is 3. The monoisotopic (exact) mass is 357 g/mol. The zero-order chi connectivity index (χ0) is 18.9. The van der Waals surface area contributed by atoms with Gasteiger partial charge in [-0.25, -0.2) is 9.98 Å². The number of hydrogen-bond donors (Lipinski definition) is 2. The number of aliphatic imine (C=N–C) groups is 1. The van der Waals surface area contributed by atoms with Crippen molar-refractivity contribution in [3.05, 3.63) is 30.2 Å². The van der Waals surface area contributed by atoms with Crippen molar-refractivity contribution < 1.29 is 14.3 Å². The van der Waals surface area contributed by atoms with Crippen molar-refractivity contribution in [2.45, 2.75) is 32.4 Å². The van der Waals surface area contributed by atoms with Gasteiger partial charge in [0.1, 0.15) is 35.0 Å². The molecular formula is C18H23N5O3. The zero-order valence-corrected chi connectivity index (χ0v) is 15.4. The van der Waals surface area contributed by atoms with E-state index >= 15 is 0 Å². The van der Waals surface area contributed by atoms with E-state index in [9.17, 15) is 4.79 Å². The van der Waals surface area contributed by atoms with Gasteiger partial charge in [-0.1, -0.05) is 13.8 Å². The van der Waals surface area contributed by atoms with E-state index in [4.69, 9.17) is 15.2 Å². The summed E-state index contributed by atoms with van der Waals surface area (Å²) in [5.41, 5.74) is 6.36. The number of ether oxygens (including phenoxy) is 2. The number of carbonyl (C=O) groups is 1. The molecule has 0 spiro atoms. The number of hydrogen-bond acceptors (Lipinski definition) is 6. The first kappa shape index (κ1) is 17.8. The fourth-order valence-corrected chi connectivity index (χ4v) is 3.08. The minimum atomic E-state index is -0.602. The van der Waals surface area contributed by atoms with Gasteiger partial charge in [0.05, 0.1) is 19.9 Å². The number of methoxy groups -OCH3 is 2. The Labute approximate surface area is 152 Å². The SMILES string of the molecule is CCC1(CC)N=C(C(N)=O)c2ncn(-c3ccc(OC)cc3OC)c2N1. The van der Waals surface area contributed by atoms with Gasteiger partial charge < -0.3 is 20.5 Å². The number of fused-ring (bicyclic) bond motifs is 1. The maximum atomic E-state index is 12.0. The molecule has 0 fully saturated rings. The Bertz CT molecular complexity index is 868. The lowest BCUT2D eigenvalue weighted by Gasteiger charge is -2.34. The van der Waals surface area contributed by atoms with Crippen molar-refractivity contribution in [1.82, 2.24) is 9.55 Å². The molecule has 1 aromatic carbocycles. The van der Waals surface area contributed by atoms with Gasteiger partial charge in [0.25, 0.3) is 5.91 Å². The first-order chi connectivity index (χ1) is 12.5. The highest BCUT2D eigenvalue weighted by Crippen LogP contribution is 2.36. The molecule has 138 valence electrons. The number of amides is 1. The molecule has 1 aromatic heterocycles. The van der Waals surface area contributed by atoms with Crippen LogP contribution in [-0.2, 0) is 4.79 Å². The highest BCUT2D eigenvalue weighted by molar-refractivity contribution is 6.45. The minimum Gasteiger partial charge on any atom is -0.497 e. The fourth-order valence-electron chi connectivity index (χ4n) is 3.08. The Morgan fingerprint density at radius 1 is 1.27 bits per heavy atom. The van der Waals surface area contributed by atoms with E-state index in [0.29, 0.717) is 35.9 Å². The molecule has 3 rings (SSSR count). The largest absolute Gasteiger partial charge is 0.497 e. The zero-order valence-electron chi connectivity index (χ0n) is 15.4. The van der Waals surface area contributed by atoms with Gasteiger partial charge in [-0.15, -0.1) is 0 Å². The standard InChI is InChI=1S/C18H23N5O3/c1-5-18(6-2)21-14(16(19)24)15-17(22-18)23(10-20-15)12-8-7-11(25-3)9-13(12)26-4/h7-10,22H,5-6H2,1-4H3,(H2,19,24). The molecule has 8 heteroatoms. The van der Waals surface area contributed by atoms with Crippen molar-refractivity contribution in [2.24, 2.45) is 10.7 Å². The summed E-state index contributed by atoms with van der Waals surface area (Å²) >= 11 is 0. The molecule has 0 saturated carbocycles. The minimum absolute atomic E-state index is 0.189. The number of carbonyl (C=O) groups excluding carboxylic acids is 1. The van der Waals surface area contributed by atoms with Gasteiger partial charge >= 0.3 is 0 Å². The van der Waals surface area contributed by atoms with E-state index in [0.717, 1.165) is 5.69 Å². The summed E-state index contributed by atoms with van der Waals surface area (Å²) in [4.78, 5) is 20.9. The second kappa shape index (κ2) is 6.70. The summed E-state index contributed by atoms with van der Waals surface area (Å²) in [7, 11) is 3.19. The Morgan fingerprint density at radius 3 is 2.58 bits per heavy atom. The fraction of sp³-hybridized carbons (Fsp3) is 0.389. The average Bonchev–Trinajstić information content (AvgIpc) is 3.09. The van der Waals surface area contributed by atoms with Crippen LogP contribution in [0.4, 0.5) is 5.82 Å². The molecule has 2 heterocycles. The van der Waals surface area contributed by atoms with Gasteiger partial charge in [0, 0.05) is 6.07 Å². The lowest BCUT2D eigenvalue weighted by Crippen LogP contribution is -2.43. The third kappa shape index (κ3) is 2.77. The molecule has 3 N–H and O–H groups in total. The molecule has 0 aliphatic carbocycles. The van der Waals surface area contributed by atoms with Crippen molar-refractivity contribution in [2.75, 3.05) is 19.5 Å². The van der Waals surface area contributed by atoms with Gasteiger partial charge in [0.2, 0.25) is 0 Å². The molecule has 1 aliphatic heterocycles. The van der Waals surface area contributed by atoms with Crippen molar-refractivity contribution in [3.8, 4) is 17.2 Å². The Kier molecular flexibility index (Phi) is 4.58. The van der Waals surface area contributed by atoms with Crippen molar-refractivity contribution in [1.29, 1.82) is 0 Å². The summed E-state index contributed by atoms with van der Waals surface area (Å²) in [5, 5.41) is 3.44. The summed E-state index contributed by atoms with van der Waals surface area (Å²) in [6, 6.07) is 5.50. The van der Waals surface area contributed by atoms with Gasteiger partial charge in [-0.3, -0.25) is 9.36 Å². The number of nitrogens with two attached hydrogens (primary N) is 1. The van der Waals surface area contributed by atoms with Crippen LogP contribution in [-0.4, -0.2) is 41.1 Å². The molecule has 0 bridgehead atoms. The lowest BCUT2D eigenvalue weighted by atomic mass is 10.0. The molecule has 1 aliphatic rings. The van der Waals surface area contributed by atoms with Crippen LogP contribution in [0.15, 0.2) is 29.5 Å². The molecule has 2 aromatic rings. The smallest absolute Gasteiger partial charge is 0.269 e. The van der Waals surface area contributed by atoms with Crippen LogP contribution in [0, 0.1) is 0 Å². The number of nitrogens with one attached hydrogen (secondary N) is 1. The first-order valence-electron chi connectivity index (χ1n) is 8.46. The van der Waals surface area contributed by atoms with Crippen LogP contribution in [0.5, 0.6) is 11.5 Å². The van der Waals surface area contributed by atoms with E-state index in [1.807, 2.05) is 30.5 Å². The lowest BCUT2D eigenvalue weighted by molar-refractivity contribution is -0.112. The summed E-state index contributed by atoms with van der Waals surface area (Å²) < 4.78 is 12.6. The number of imidazole rings is 1. The van der Waals surface area contributed by atoms with E-state index in [1.165, 1.54) is 0 Å². The Hall–Kier alpha value is -3.03. The van der Waals surface area contributed by atoms with E-state index in [-0.39, 0.29) is 5.71 Å². The second-order valence-electron chi connectivity index (χ2n) is 6.04. The van der Waals surface area contributed by atoms with Gasteiger partial charge in [0.15, 0.2) is 5.71 Å². The van der Waals surface area contributed by atoms with Crippen molar-refractivity contribution in [3.63, 3.8) is 0 Å². The molecule has 0 radical (unpaired) electrons. The predicted molar refractivity (Wildman–Crippen MR) is 99.3 cm³/mol. The summed E-state index contributed by atoms with van der Waals surface area (Å²) in [6.07, 6.45) is 3.02. The predicted octanol–water partition coefficient (Wildman–Crippen LogP) is 2.11. The summed E-state index contributed by atoms with van der Waals surface area (Å²) in [6.45, 7) is 4.02. The molecular weight excluding hydrogens is 334 g/mol. The topological polar surface area (TPSA) is 104 Å². The van der Waals surface area contributed by atoms with E-state index in [1.54, 1.807) is 26.6 Å². The molecule has 0 saturated heterocycles. The van der Waals surface area contributed by atoms with E-state index in [2.05, 4.69) is 15.3 Å². The first-order valence-corrected chi connectivity index (χ1v) is 8.46. The molecule has 1 amide bonds. The third-order valence-corrected chi connectivity index (χ3v) is 4.72. The highest BCUT2D eigenvalue weighted by Gasteiger charge is 2.36. The van der Waals surface area contributed by atoms with Crippen LogP contribution in [0.3, 0.4) is 0 Å². The second-order valence-corrected chi connectivity index (χ2v) is 6.04. The Balaban J connectivity index is 2.19. The maximum absolute atomic E-state index is 12.0. The summed E-state index contributed by atoms with van der Waals surface area (Å²) in [5.74, 6) is 1.38. The van der Waals surface area contributed by atoms with Crippen LogP contribution < -0.4 is 20.5 Å². The quantitative estimate of drug-likeness (QED) is 0.824. The van der Waals surface area contributed by atoms with Crippen LogP contribution in [0.25, 0.3) is 5.69 Å². The van der Waals surface area contributed by atoms with E-state index < -0.39 is 11.6 Å². The number of benzene rings is 1. The third-order valence-electron chi connectivity index (χ3n) is 4.72. The number of aromatic nitrogens is 2. The molecule has 0 atom stereocenters. The number of anilines is 1. The Morgan fingerprint density at radius 2 is 2.00 bits per heavy atom. The highest BCUT2D eigenvalue weighted by atomic mass is 16.5. The molecule has 8 nitrogen and oxygen atoms in total. The van der Waals surface area contributed by atoms with Crippen LogP contribution >= 0.6 is 0 Å². The number of rotatable bonds is 6. The van der Waals surface area contributed by atoms with Gasteiger partial charge in [-0.05, 0) is 25.0 Å². The maximum Gasteiger partial charge on any atom is 0.269 e. The van der Waals surface area contributed by atoms with Gasteiger partial charge in [-0.2, -0.15) is 0 Å². The normalized spacial score (nSPS) is 14.8.